The maximum atomic E-state index is 6.76. The van der Waals surface area contributed by atoms with Crippen LogP contribution in [0.4, 0.5) is 0 Å². The Bertz CT molecular complexity index is 4680. The van der Waals surface area contributed by atoms with Gasteiger partial charge in [0.05, 0.1) is 39.2 Å². The van der Waals surface area contributed by atoms with Crippen LogP contribution >= 0.6 is 0 Å². The molecular formula is C69H46N4O. The first kappa shape index (κ1) is 42.1. The summed E-state index contributed by atoms with van der Waals surface area (Å²) in [6, 6.07) is 85.2. The molecular weight excluding hydrogens is 901 g/mol. The first-order valence-electron chi connectivity index (χ1n) is 25.5. The Morgan fingerprint density at radius 2 is 1.04 bits per heavy atom. The zero-order valence-electron chi connectivity index (χ0n) is 40.6. The van der Waals surface area contributed by atoms with E-state index in [1.807, 2.05) is 6.07 Å². The maximum absolute atomic E-state index is 6.76. The molecule has 3 aromatic heterocycles. The molecule has 0 saturated heterocycles. The average molecular weight is 947 g/mol. The van der Waals surface area contributed by atoms with E-state index >= 15 is 0 Å². The lowest BCUT2D eigenvalue weighted by atomic mass is 9.92. The molecule has 1 aliphatic heterocycles. The van der Waals surface area contributed by atoms with E-state index in [1.54, 1.807) is 0 Å². The summed E-state index contributed by atoms with van der Waals surface area (Å²) in [7, 11) is 0. The van der Waals surface area contributed by atoms with E-state index in [1.165, 1.54) is 48.6 Å². The molecule has 0 bridgehead atoms. The van der Waals surface area contributed by atoms with Gasteiger partial charge in [0.2, 0.25) is 0 Å². The van der Waals surface area contributed by atoms with Crippen LogP contribution in [0.25, 0.3) is 115 Å². The summed E-state index contributed by atoms with van der Waals surface area (Å²) in [5.74, 6) is 0.683. The van der Waals surface area contributed by atoms with Gasteiger partial charge in [0, 0.05) is 61.1 Å². The number of para-hydroxylation sites is 3. The van der Waals surface area contributed by atoms with Gasteiger partial charge in [-0.25, -0.2) is 9.98 Å². The number of benzene rings is 11. The largest absolute Gasteiger partial charge is 0.456 e. The lowest BCUT2D eigenvalue weighted by molar-refractivity contribution is 0.668. The number of allylic oxidation sites excluding steroid dienone is 1. The fourth-order valence-corrected chi connectivity index (χ4v) is 11.8. The number of aliphatic imine (C=N–C) groups is 2. The number of aromatic nitrogens is 2. The first-order valence-corrected chi connectivity index (χ1v) is 25.5. The van der Waals surface area contributed by atoms with E-state index in [0.717, 1.165) is 89.1 Å². The molecule has 0 radical (unpaired) electrons. The van der Waals surface area contributed by atoms with Crippen molar-refractivity contribution in [1.29, 1.82) is 0 Å². The molecule has 0 aliphatic carbocycles. The Morgan fingerprint density at radius 1 is 0.405 bits per heavy atom. The predicted molar refractivity (Wildman–Crippen MR) is 311 cm³/mol. The summed E-state index contributed by atoms with van der Waals surface area (Å²) in [4.78, 5) is 11.5. The molecule has 5 nitrogen and oxygen atoms in total. The smallest absolute Gasteiger partial charge is 0.160 e. The SMILES string of the molecule is CC1C/C=C(\c2cc3c(cc2-n2c4cc5ccccc5cc4c4c5ccccc5ccc42)oc2ccccc23)N=C(c2ccc(-c3ccccc3)cc2)N=C1c1ccc2c3ccccc3n(-c3ccccc3)c2c1. The van der Waals surface area contributed by atoms with Crippen LogP contribution in [0.15, 0.2) is 257 Å². The van der Waals surface area contributed by atoms with E-state index < -0.39 is 0 Å². The van der Waals surface area contributed by atoms with Crippen molar-refractivity contribution in [2.75, 3.05) is 0 Å². The van der Waals surface area contributed by atoms with Crippen LogP contribution in [0.3, 0.4) is 0 Å². The van der Waals surface area contributed by atoms with Gasteiger partial charge < -0.3 is 13.6 Å². The Kier molecular flexibility index (Phi) is 9.54. The highest BCUT2D eigenvalue weighted by Gasteiger charge is 2.25. The van der Waals surface area contributed by atoms with E-state index in [0.29, 0.717) is 12.3 Å². The normalized spacial score (nSPS) is 15.0. The zero-order chi connectivity index (χ0) is 48.9. The van der Waals surface area contributed by atoms with E-state index in [4.69, 9.17) is 14.4 Å². The number of nitrogens with zero attached hydrogens (tertiary/aromatic N) is 4. The van der Waals surface area contributed by atoms with Crippen LogP contribution in [0, 0.1) is 5.92 Å². The maximum Gasteiger partial charge on any atom is 0.160 e. The number of furan rings is 1. The summed E-state index contributed by atoms with van der Waals surface area (Å²) >= 11 is 0. The Balaban J connectivity index is 0.994. The highest BCUT2D eigenvalue weighted by atomic mass is 16.3. The number of hydrogen-bond acceptors (Lipinski definition) is 3. The molecule has 1 atom stereocenters. The molecule has 4 heterocycles. The van der Waals surface area contributed by atoms with Gasteiger partial charge in [-0.2, -0.15) is 0 Å². The zero-order valence-corrected chi connectivity index (χ0v) is 40.6. The van der Waals surface area contributed by atoms with Crippen molar-refractivity contribution in [2.24, 2.45) is 15.9 Å². The fourth-order valence-electron chi connectivity index (χ4n) is 11.8. The molecule has 1 aliphatic rings. The topological polar surface area (TPSA) is 47.7 Å². The monoisotopic (exact) mass is 946 g/mol. The number of fused-ring (bicyclic) bond motifs is 12. The number of hydrogen-bond donors (Lipinski definition) is 0. The Labute approximate surface area is 426 Å². The van der Waals surface area contributed by atoms with E-state index in [-0.39, 0.29) is 5.92 Å². The molecule has 74 heavy (non-hydrogen) atoms. The van der Waals surface area contributed by atoms with Crippen LogP contribution in [0.2, 0.25) is 0 Å². The average Bonchev–Trinajstić information content (AvgIpc) is 4.10. The minimum atomic E-state index is 0.0269. The molecule has 0 amide bonds. The van der Waals surface area contributed by atoms with E-state index in [9.17, 15) is 0 Å². The van der Waals surface area contributed by atoms with E-state index in [2.05, 4.69) is 253 Å². The van der Waals surface area contributed by atoms with Crippen molar-refractivity contribution in [3.63, 3.8) is 0 Å². The van der Waals surface area contributed by atoms with Gasteiger partial charge in [0.15, 0.2) is 5.84 Å². The summed E-state index contributed by atoms with van der Waals surface area (Å²) in [6.45, 7) is 2.31. The van der Waals surface area contributed by atoms with Crippen molar-refractivity contribution in [3.8, 4) is 22.5 Å². The van der Waals surface area contributed by atoms with Crippen molar-refractivity contribution in [2.45, 2.75) is 13.3 Å². The van der Waals surface area contributed by atoms with Gasteiger partial charge in [0.1, 0.15) is 11.2 Å². The van der Waals surface area contributed by atoms with Crippen molar-refractivity contribution in [1.82, 2.24) is 9.13 Å². The molecule has 348 valence electrons. The van der Waals surface area contributed by atoms with Crippen molar-refractivity contribution < 1.29 is 4.42 Å². The summed E-state index contributed by atoms with van der Waals surface area (Å²) in [6.07, 6.45) is 3.06. The molecule has 11 aromatic carbocycles. The molecule has 0 saturated carbocycles. The minimum Gasteiger partial charge on any atom is -0.456 e. The Hall–Kier alpha value is -9.58. The van der Waals surface area contributed by atoms with Crippen molar-refractivity contribution >= 4 is 104 Å². The number of amidine groups is 1. The molecule has 5 heteroatoms. The molecule has 15 rings (SSSR count). The summed E-state index contributed by atoms with van der Waals surface area (Å²) in [5, 5.41) is 11.8. The number of rotatable bonds is 6. The highest BCUT2D eigenvalue weighted by Crippen LogP contribution is 2.44. The molecule has 14 aromatic rings. The van der Waals surface area contributed by atoms with Crippen LogP contribution in [-0.4, -0.2) is 20.7 Å². The lowest BCUT2D eigenvalue weighted by Gasteiger charge is -2.20. The minimum absolute atomic E-state index is 0.0269. The molecule has 1 unspecified atom stereocenters. The molecule has 0 fully saturated rings. The second-order valence-corrected chi connectivity index (χ2v) is 19.7. The van der Waals surface area contributed by atoms with Gasteiger partial charge in [-0.15, -0.1) is 0 Å². The fraction of sp³-hybridized carbons (Fsp3) is 0.0435. The lowest BCUT2D eigenvalue weighted by Crippen LogP contribution is -2.17. The van der Waals surface area contributed by atoms with Crippen LogP contribution in [-0.2, 0) is 0 Å². The quantitative estimate of drug-likeness (QED) is 0.164. The Morgan fingerprint density at radius 3 is 1.86 bits per heavy atom. The molecule has 0 N–H and O–H groups in total. The second kappa shape index (κ2) is 16.8. The third kappa shape index (κ3) is 6.70. The van der Waals surface area contributed by atoms with Gasteiger partial charge in [-0.3, -0.25) is 0 Å². The third-order valence-electron chi connectivity index (χ3n) is 15.4. The summed E-state index contributed by atoms with van der Waals surface area (Å²) in [5.41, 5.74) is 15.5. The van der Waals surface area contributed by atoms with Crippen molar-refractivity contribution in [3.05, 3.63) is 259 Å². The molecule has 0 spiro atoms. The predicted octanol–water partition coefficient (Wildman–Crippen LogP) is 18.1. The van der Waals surface area contributed by atoms with Gasteiger partial charge in [-0.1, -0.05) is 189 Å². The standard InChI is InChI=1S/C69H46N4O/c1-43-28-36-59(57-41-56-55-25-13-15-27-65(55)74-66(56)42-64(57)73-61-37-34-46-18-10-11-23-52(46)67(61)58-38-48-19-8-9-20-49(48)39-63(58)73)70-69(47-31-29-45(30-32-47)44-16-4-2-5-17-44)71-68(43)50-33-35-54-53-24-12-14-26-60(53)72(62(54)40-50)51-21-6-3-7-22-51/h2-27,29-43H,28H2,1H3/b59-36+,70-69?,71-68?. The van der Waals surface area contributed by atoms with Gasteiger partial charge >= 0.3 is 0 Å². The van der Waals surface area contributed by atoms with Crippen LogP contribution < -0.4 is 0 Å². The van der Waals surface area contributed by atoms with Crippen LogP contribution in [0.1, 0.15) is 30.0 Å². The first-order chi connectivity index (χ1) is 36.6. The highest BCUT2D eigenvalue weighted by molar-refractivity contribution is 6.24. The van der Waals surface area contributed by atoms with Gasteiger partial charge in [-0.05, 0) is 99.3 Å². The second-order valence-electron chi connectivity index (χ2n) is 19.7. The summed E-state index contributed by atoms with van der Waals surface area (Å²) < 4.78 is 11.6. The third-order valence-corrected chi connectivity index (χ3v) is 15.4. The van der Waals surface area contributed by atoms with Crippen LogP contribution in [0.5, 0.6) is 0 Å². The van der Waals surface area contributed by atoms with Gasteiger partial charge in [0.25, 0.3) is 0 Å².